The average molecular weight is 532 g/mol. The first-order valence-electron chi connectivity index (χ1n) is 12.5. The van der Waals surface area contributed by atoms with E-state index in [0.29, 0.717) is 5.69 Å². The molecule has 1 N–H and O–H groups in total. The summed E-state index contributed by atoms with van der Waals surface area (Å²) in [5.41, 5.74) is 2.96. The molecule has 0 aromatic heterocycles. The molecule has 6 rings (SSSR count). The number of rotatable bonds is 3. The van der Waals surface area contributed by atoms with E-state index in [0.717, 1.165) is 39.3 Å². The van der Waals surface area contributed by atoms with E-state index in [-0.39, 0.29) is 5.69 Å². The second kappa shape index (κ2) is 8.83. The highest BCUT2D eigenvalue weighted by Crippen LogP contribution is 2.53. The Labute approximate surface area is 222 Å². The molecule has 3 heterocycles. The number of halogens is 3. The molecule has 6 nitrogen and oxygen atoms in total. The van der Waals surface area contributed by atoms with E-state index in [1.54, 1.807) is 23.2 Å². The number of imide groups is 1. The van der Waals surface area contributed by atoms with Crippen molar-refractivity contribution in [1.29, 1.82) is 0 Å². The van der Waals surface area contributed by atoms with E-state index in [2.05, 4.69) is 5.32 Å². The zero-order valence-corrected chi connectivity index (χ0v) is 21.1. The van der Waals surface area contributed by atoms with Crippen LogP contribution in [0.15, 0.2) is 72.9 Å². The Morgan fingerprint density at radius 1 is 0.872 bits per heavy atom. The topological polar surface area (TPSA) is 69.7 Å². The lowest BCUT2D eigenvalue weighted by Gasteiger charge is -2.35. The van der Waals surface area contributed by atoms with Gasteiger partial charge in [0.25, 0.3) is 0 Å². The number of amides is 3. The maximum absolute atomic E-state index is 14.0. The van der Waals surface area contributed by atoms with E-state index in [4.69, 9.17) is 0 Å². The van der Waals surface area contributed by atoms with Crippen molar-refractivity contribution in [2.45, 2.75) is 32.1 Å². The molecule has 3 aromatic rings. The number of carbonyl (C=O) groups is 3. The van der Waals surface area contributed by atoms with E-state index >= 15 is 0 Å². The van der Waals surface area contributed by atoms with Crippen LogP contribution in [-0.2, 0) is 20.6 Å². The lowest BCUT2D eigenvalue weighted by Crippen LogP contribution is -2.46. The molecule has 3 amide bonds. The Hall–Kier alpha value is -4.40. The highest BCUT2D eigenvalue weighted by Gasteiger charge is 2.64. The lowest BCUT2D eigenvalue weighted by atomic mass is 9.84. The van der Waals surface area contributed by atoms with E-state index in [9.17, 15) is 27.6 Å². The smallest absolute Gasteiger partial charge is 0.357 e. The number of fused-ring (bicyclic) bond motifs is 5. The number of alkyl halides is 3. The number of nitrogens with zero attached hydrogens (tertiary/aromatic N) is 2. The average Bonchev–Trinajstić information content (AvgIpc) is 3.35. The summed E-state index contributed by atoms with van der Waals surface area (Å²) < 4.78 is 39.8. The Bertz CT molecular complexity index is 1540. The molecule has 4 atom stereocenters. The van der Waals surface area contributed by atoms with Crippen molar-refractivity contribution in [3.05, 3.63) is 101 Å². The van der Waals surface area contributed by atoms with Crippen LogP contribution in [0.5, 0.6) is 0 Å². The molecule has 3 aliphatic rings. The molecule has 9 heteroatoms. The monoisotopic (exact) mass is 531 g/mol. The second-order valence-corrected chi connectivity index (χ2v) is 10.3. The van der Waals surface area contributed by atoms with Crippen molar-refractivity contribution in [2.24, 2.45) is 11.8 Å². The normalized spacial score (nSPS) is 23.5. The van der Waals surface area contributed by atoms with Gasteiger partial charge in [0.1, 0.15) is 6.04 Å². The standard InChI is InChI=1S/C30H24F3N3O3/c1-16-12-17(2)14-21(13-16)36-28(38)23-24(29(36)39)26(35-11-10-18-6-3-4-9-22(18)25(23)35)27(37)34-20-8-5-7-19(15-20)30(31,32)33/h3-15,23-26H,1-2H3,(H,34,37)/t23-,24+,25-,26+/m0/s1. The molecular weight excluding hydrogens is 507 g/mol. The van der Waals surface area contributed by atoms with Crippen molar-refractivity contribution in [1.82, 2.24) is 4.90 Å². The molecular formula is C30H24F3N3O3. The van der Waals surface area contributed by atoms with Gasteiger partial charge in [-0.1, -0.05) is 36.4 Å². The zero-order valence-electron chi connectivity index (χ0n) is 21.1. The van der Waals surface area contributed by atoms with Crippen molar-refractivity contribution in [3.8, 4) is 0 Å². The van der Waals surface area contributed by atoms with Gasteiger partial charge in [-0.05, 0) is 72.5 Å². The van der Waals surface area contributed by atoms with Gasteiger partial charge in [-0.3, -0.25) is 14.4 Å². The summed E-state index contributed by atoms with van der Waals surface area (Å²) in [4.78, 5) is 44.5. The number of anilines is 2. The molecule has 0 unspecified atom stereocenters. The van der Waals surface area contributed by atoms with Gasteiger partial charge in [-0.15, -0.1) is 0 Å². The summed E-state index contributed by atoms with van der Waals surface area (Å²) in [6.45, 7) is 3.75. The lowest BCUT2D eigenvalue weighted by molar-refractivity contribution is -0.137. The Morgan fingerprint density at radius 2 is 1.56 bits per heavy atom. The maximum atomic E-state index is 14.0. The number of hydrogen-bond acceptors (Lipinski definition) is 4. The van der Waals surface area contributed by atoms with Crippen molar-refractivity contribution >= 4 is 35.2 Å². The van der Waals surface area contributed by atoms with E-state index in [1.165, 1.54) is 12.1 Å². The van der Waals surface area contributed by atoms with Crippen LogP contribution in [0.4, 0.5) is 24.5 Å². The van der Waals surface area contributed by atoms with Gasteiger partial charge in [0, 0.05) is 11.9 Å². The molecule has 0 spiro atoms. The van der Waals surface area contributed by atoms with Crippen molar-refractivity contribution < 1.29 is 27.6 Å². The fraction of sp³-hybridized carbons (Fsp3) is 0.233. The van der Waals surface area contributed by atoms with E-state index < -0.39 is 53.4 Å². The van der Waals surface area contributed by atoms with Gasteiger partial charge < -0.3 is 10.2 Å². The van der Waals surface area contributed by atoms with Gasteiger partial charge in [-0.25, -0.2) is 4.90 Å². The Morgan fingerprint density at radius 3 is 2.28 bits per heavy atom. The molecule has 0 saturated carbocycles. The molecule has 3 aromatic carbocycles. The minimum absolute atomic E-state index is 0.0425. The zero-order chi connectivity index (χ0) is 27.6. The van der Waals surface area contributed by atoms with Gasteiger partial charge in [0.2, 0.25) is 17.7 Å². The first-order valence-corrected chi connectivity index (χ1v) is 12.5. The highest BCUT2D eigenvalue weighted by molar-refractivity contribution is 6.24. The summed E-state index contributed by atoms with van der Waals surface area (Å²) in [6.07, 6.45) is -1.07. The number of hydrogen-bond donors (Lipinski definition) is 1. The third kappa shape index (κ3) is 4.00. The molecule has 0 bridgehead atoms. The van der Waals surface area contributed by atoms with Crippen LogP contribution in [0, 0.1) is 25.7 Å². The van der Waals surface area contributed by atoms with Crippen LogP contribution in [0.25, 0.3) is 6.08 Å². The third-order valence-corrected chi connectivity index (χ3v) is 7.65. The first kappa shape index (κ1) is 24.9. The molecule has 3 aliphatic heterocycles. The highest BCUT2D eigenvalue weighted by atomic mass is 19.4. The molecule has 198 valence electrons. The van der Waals surface area contributed by atoms with E-state index in [1.807, 2.05) is 50.3 Å². The predicted octanol–water partition coefficient (Wildman–Crippen LogP) is 5.48. The summed E-state index contributed by atoms with van der Waals surface area (Å²) in [6, 6.07) is 15.6. The van der Waals surface area contributed by atoms with Crippen LogP contribution in [0.1, 0.15) is 33.9 Å². The summed E-state index contributed by atoms with van der Waals surface area (Å²) >= 11 is 0. The first-order chi connectivity index (χ1) is 18.5. The molecule has 0 aliphatic carbocycles. The maximum Gasteiger partial charge on any atom is 0.416 e. The fourth-order valence-electron chi connectivity index (χ4n) is 6.18. The molecule has 2 saturated heterocycles. The minimum atomic E-state index is -4.58. The minimum Gasteiger partial charge on any atom is -0.357 e. The number of aryl methyl sites for hydroxylation is 2. The van der Waals surface area contributed by atoms with Gasteiger partial charge in [-0.2, -0.15) is 13.2 Å². The third-order valence-electron chi connectivity index (χ3n) is 7.65. The largest absolute Gasteiger partial charge is 0.416 e. The Balaban J connectivity index is 1.43. The van der Waals surface area contributed by atoms with Gasteiger partial charge in [0.05, 0.1) is 29.1 Å². The number of benzene rings is 3. The van der Waals surface area contributed by atoms with Crippen molar-refractivity contribution in [3.63, 3.8) is 0 Å². The van der Waals surface area contributed by atoms with Crippen molar-refractivity contribution in [2.75, 3.05) is 10.2 Å². The quantitative estimate of drug-likeness (QED) is 0.455. The van der Waals surface area contributed by atoms with Crippen LogP contribution in [-0.4, -0.2) is 28.7 Å². The second-order valence-electron chi connectivity index (χ2n) is 10.3. The summed E-state index contributed by atoms with van der Waals surface area (Å²) in [5, 5.41) is 2.58. The SMILES string of the molecule is Cc1cc(C)cc(N2C(=O)[C@@H]3[C@H](C2=O)[C@@H]2c4ccccc4C=CN2[C@H]3C(=O)Nc2cccc(C(F)(F)F)c2)c1. The van der Waals surface area contributed by atoms with Crippen LogP contribution < -0.4 is 10.2 Å². The van der Waals surface area contributed by atoms with Crippen LogP contribution in [0.2, 0.25) is 0 Å². The summed E-state index contributed by atoms with van der Waals surface area (Å²) in [7, 11) is 0. The number of carbonyl (C=O) groups excluding carboxylic acids is 3. The predicted molar refractivity (Wildman–Crippen MR) is 139 cm³/mol. The van der Waals surface area contributed by atoms with Crippen LogP contribution >= 0.6 is 0 Å². The Kier molecular flexibility index (Phi) is 5.64. The molecule has 39 heavy (non-hydrogen) atoms. The molecule has 2 fully saturated rings. The summed E-state index contributed by atoms with van der Waals surface area (Å²) in [5.74, 6) is -3.42. The van der Waals surface area contributed by atoms with Crippen LogP contribution in [0.3, 0.4) is 0 Å². The van der Waals surface area contributed by atoms with Gasteiger partial charge >= 0.3 is 6.18 Å². The number of nitrogens with one attached hydrogen (secondary N) is 1. The van der Waals surface area contributed by atoms with Gasteiger partial charge in [0.15, 0.2) is 0 Å². The fourth-order valence-corrected chi connectivity index (χ4v) is 6.18. The molecule has 0 radical (unpaired) electrons.